The van der Waals surface area contributed by atoms with E-state index in [0.29, 0.717) is 11.6 Å². The molecule has 4 atom stereocenters. The van der Waals surface area contributed by atoms with Gasteiger partial charge in [-0.25, -0.2) is 9.78 Å². The van der Waals surface area contributed by atoms with Crippen molar-refractivity contribution in [3.05, 3.63) is 34.3 Å². The van der Waals surface area contributed by atoms with Crippen molar-refractivity contribution in [2.75, 3.05) is 6.61 Å². The lowest BCUT2D eigenvalue weighted by atomic mass is 9.91. The first-order valence-electron chi connectivity index (χ1n) is 6.07. The molecule has 2 aliphatic heterocycles. The molecular formula is C13H15ClO4. The second-order valence-electron chi connectivity index (χ2n) is 4.74. The maximum atomic E-state index is 10.0. The maximum absolute atomic E-state index is 10.0. The number of halogens is 1. The molecule has 1 aromatic carbocycles. The number of fused-ring (bicyclic) bond motifs is 1. The first-order chi connectivity index (χ1) is 8.66. The van der Waals surface area contributed by atoms with Crippen LogP contribution >= 0.6 is 11.6 Å². The highest BCUT2D eigenvalue weighted by Gasteiger charge is 2.43. The molecular weight excluding hydrogens is 256 g/mol. The lowest BCUT2D eigenvalue weighted by molar-refractivity contribution is -0.309. The maximum Gasteiger partial charge on any atom is 0.152 e. The largest absolute Gasteiger partial charge is 0.387 e. The molecule has 0 unspecified atom stereocenters. The lowest BCUT2D eigenvalue weighted by Gasteiger charge is -2.30. The summed E-state index contributed by atoms with van der Waals surface area (Å²) in [5, 5.41) is 10.7. The van der Waals surface area contributed by atoms with Crippen LogP contribution in [0.1, 0.15) is 24.2 Å². The van der Waals surface area contributed by atoms with Gasteiger partial charge in [0, 0.05) is 5.02 Å². The molecule has 5 heteroatoms. The predicted octanol–water partition coefficient (Wildman–Crippen LogP) is 2.03. The number of benzene rings is 1. The Balaban J connectivity index is 1.92. The normalized spacial score (nSPS) is 35.5. The Kier molecular flexibility index (Phi) is 3.30. The van der Waals surface area contributed by atoms with E-state index in [0.717, 1.165) is 17.5 Å². The minimum absolute atomic E-state index is 0.300. The smallest absolute Gasteiger partial charge is 0.152 e. The molecule has 2 aliphatic rings. The zero-order valence-corrected chi connectivity index (χ0v) is 10.8. The predicted molar refractivity (Wildman–Crippen MR) is 65.3 cm³/mol. The number of hydrogen-bond acceptors (Lipinski definition) is 4. The zero-order chi connectivity index (χ0) is 12.7. The van der Waals surface area contributed by atoms with Crippen LogP contribution in [0.25, 0.3) is 0 Å². The summed E-state index contributed by atoms with van der Waals surface area (Å²) in [6.07, 6.45) is -0.981. The van der Waals surface area contributed by atoms with Crippen molar-refractivity contribution < 1.29 is 19.6 Å². The third kappa shape index (κ3) is 2.04. The first-order valence-corrected chi connectivity index (χ1v) is 6.45. The van der Waals surface area contributed by atoms with Crippen LogP contribution < -0.4 is 0 Å². The Morgan fingerprint density at radius 3 is 2.89 bits per heavy atom. The molecule has 1 N–H and O–H groups in total. The van der Waals surface area contributed by atoms with Crippen LogP contribution in [0.4, 0.5) is 0 Å². The molecule has 18 heavy (non-hydrogen) atoms. The first kappa shape index (κ1) is 12.4. The van der Waals surface area contributed by atoms with Gasteiger partial charge in [-0.2, -0.15) is 0 Å². The Hall–Kier alpha value is -0.650. The average Bonchev–Trinajstić information content (AvgIpc) is 2.69. The number of rotatable bonds is 1. The molecule has 0 radical (unpaired) electrons. The summed E-state index contributed by atoms with van der Waals surface area (Å²) in [7, 11) is 0. The Bertz CT molecular complexity index is 451. The van der Waals surface area contributed by atoms with Gasteiger partial charge in [0.15, 0.2) is 6.10 Å². The molecule has 98 valence electrons. The van der Waals surface area contributed by atoms with E-state index in [-0.39, 0.29) is 12.2 Å². The topological polar surface area (TPSA) is 47.9 Å². The van der Waals surface area contributed by atoms with Crippen molar-refractivity contribution in [3.8, 4) is 0 Å². The van der Waals surface area contributed by atoms with E-state index in [1.165, 1.54) is 0 Å². The molecule has 0 saturated carbocycles. The van der Waals surface area contributed by atoms with E-state index < -0.39 is 12.2 Å². The molecule has 1 saturated heterocycles. The van der Waals surface area contributed by atoms with E-state index in [1.807, 2.05) is 18.2 Å². The van der Waals surface area contributed by atoms with Crippen molar-refractivity contribution in [1.82, 2.24) is 0 Å². The zero-order valence-electron chi connectivity index (χ0n) is 10.0. The summed E-state index contributed by atoms with van der Waals surface area (Å²) < 4.78 is 5.74. The fourth-order valence-electron chi connectivity index (χ4n) is 2.49. The van der Waals surface area contributed by atoms with E-state index in [9.17, 15) is 5.11 Å². The summed E-state index contributed by atoms with van der Waals surface area (Å²) in [6.45, 7) is 2.37. The number of aliphatic hydroxyl groups excluding tert-OH is 1. The van der Waals surface area contributed by atoms with Gasteiger partial charge in [0.25, 0.3) is 0 Å². The van der Waals surface area contributed by atoms with Gasteiger partial charge in [-0.15, -0.1) is 0 Å². The highest BCUT2D eigenvalue weighted by atomic mass is 35.5. The van der Waals surface area contributed by atoms with Gasteiger partial charge in [0.05, 0.1) is 6.61 Å². The standard InChI is InChI=1S/C13H15ClO4/c1-7-11(15)13(18-17-7)12-10-3-2-9(14)6-8(10)4-5-16-12/h2-3,6-7,11-13,15H,4-5H2,1H3/t7-,11-,12+,13-/m0/s1. The second-order valence-corrected chi connectivity index (χ2v) is 5.17. The summed E-state index contributed by atoms with van der Waals surface area (Å²) in [6, 6.07) is 5.70. The van der Waals surface area contributed by atoms with Gasteiger partial charge < -0.3 is 9.84 Å². The van der Waals surface area contributed by atoms with Crippen LogP contribution in [0.5, 0.6) is 0 Å². The van der Waals surface area contributed by atoms with Crippen LogP contribution in [0.2, 0.25) is 5.02 Å². The van der Waals surface area contributed by atoms with Crippen molar-refractivity contribution in [2.24, 2.45) is 0 Å². The van der Waals surface area contributed by atoms with E-state index in [2.05, 4.69) is 0 Å². The van der Waals surface area contributed by atoms with E-state index in [1.54, 1.807) is 6.92 Å². The summed E-state index contributed by atoms with van der Waals surface area (Å²) in [5.41, 5.74) is 2.17. The van der Waals surface area contributed by atoms with Crippen LogP contribution in [0.3, 0.4) is 0 Å². The summed E-state index contributed by atoms with van der Waals surface area (Å²) in [4.78, 5) is 10.2. The Morgan fingerprint density at radius 1 is 1.33 bits per heavy atom. The molecule has 4 nitrogen and oxygen atoms in total. The molecule has 3 rings (SSSR count). The van der Waals surface area contributed by atoms with E-state index >= 15 is 0 Å². The minimum atomic E-state index is -0.684. The van der Waals surface area contributed by atoms with Crippen LogP contribution in [0, 0.1) is 0 Å². The van der Waals surface area contributed by atoms with Crippen LogP contribution in [-0.4, -0.2) is 30.0 Å². The van der Waals surface area contributed by atoms with Gasteiger partial charge in [-0.1, -0.05) is 17.7 Å². The molecule has 0 bridgehead atoms. The minimum Gasteiger partial charge on any atom is -0.387 e. The van der Waals surface area contributed by atoms with Gasteiger partial charge >= 0.3 is 0 Å². The Labute approximate surface area is 110 Å². The van der Waals surface area contributed by atoms with E-state index in [4.69, 9.17) is 26.1 Å². The highest BCUT2D eigenvalue weighted by molar-refractivity contribution is 6.30. The van der Waals surface area contributed by atoms with Gasteiger partial charge in [0.1, 0.15) is 18.3 Å². The number of aliphatic hydroxyl groups is 1. The fourth-order valence-corrected chi connectivity index (χ4v) is 2.68. The third-order valence-electron chi connectivity index (χ3n) is 3.51. The molecule has 0 spiro atoms. The summed E-state index contributed by atoms with van der Waals surface area (Å²) in [5.74, 6) is 0. The third-order valence-corrected chi connectivity index (χ3v) is 3.75. The molecule has 1 fully saturated rings. The monoisotopic (exact) mass is 270 g/mol. The van der Waals surface area contributed by atoms with Crippen molar-refractivity contribution >= 4 is 11.6 Å². The van der Waals surface area contributed by atoms with Gasteiger partial charge in [-0.05, 0) is 36.6 Å². The van der Waals surface area contributed by atoms with Crippen molar-refractivity contribution in [2.45, 2.75) is 37.8 Å². The lowest BCUT2D eigenvalue weighted by Crippen LogP contribution is -2.36. The molecule has 0 aliphatic carbocycles. The number of hydrogen-bond donors (Lipinski definition) is 1. The molecule has 2 heterocycles. The molecule has 1 aromatic rings. The Morgan fingerprint density at radius 2 is 2.17 bits per heavy atom. The highest BCUT2D eigenvalue weighted by Crippen LogP contribution is 2.37. The summed E-state index contributed by atoms with van der Waals surface area (Å²) >= 11 is 5.99. The quantitative estimate of drug-likeness (QED) is 0.794. The van der Waals surface area contributed by atoms with Crippen LogP contribution in [-0.2, 0) is 20.9 Å². The fraction of sp³-hybridized carbons (Fsp3) is 0.538. The van der Waals surface area contributed by atoms with Crippen molar-refractivity contribution in [1.29, 1.82) is 0 Å². The SMILES string of the molecule is C[C@@H]1OO[C@H]([C@@H]2OCCc3cc(Cl)ccc32)[C@H]1O. The van der Waals surface area contributed by atoms with Crippen LogP contribution in [0.15, 0.2) is 18.2 Å². The van der Waals surface area contributed by atoms with Crippen molar-refractivity contribution in [3.63, 3.8) is 0 Å². The van der Waals surface area contributed by atoms with Gasteiger partial charge in [-0.3, -0.25) is 0 Å². The average molecular weight is 271 g/mol. The second kappa shape index (κ2) is 4.79. The molecule has 0 amide bonds. The van der Waals surface area contributed by atoms with Gasteiger partial charge in [0.2, 0.25) is 0 Å². The molecule has 0 aromatic heterocycles. The number of ether oxygens (including phenoxy) is 1.